The molecule has 0 atom stereocenters. The van der Waals surface area contributed by atoms with Gasteiger partial charge in [0.15, 0.2) is 17.3 Å². The third kappa shape index (κ3) is 6.61. The van der Waals surface area contributed by atoms with E-state index in [9.17, 15) is 32.7 Å². The molecule has 0 unspecified atom stereocenters. The third-order valence-electron chi connectivity index (χ3n) is 8.89. The molecule has 0 bridgehead atoms. The Hall–Kier alpha value is -6.04. The zero-order chi connectivity index (χ0) is 40.3. The topological polar surface area (TPSA) is 169 Å². The van der Waals surface area contributed by atoms with E-state index in [1.54, 1.807) is 36.9 Å². The monoisotopic (exact) mass is 752 g/mol. The Labute approximate surface area is 307 Å². The van der Waals surface area contributed by atoms with Crippen molar-refractivity contribution < 1.29 is 32.0 Å². The van der Waals surface area contributed by atoms with Gasteiger partial charge in [-0.05, 0) is 49.7 Å². The second-order valence-corrected chi connectivity index (χ2v) is 12.6. The number of fused-ring (bicyclic) bond motifs is 2. The first kappa shape index (κ1) is 31.7. The second kappa shape index (κ2) is 13.5. The molecule has 0 radical (unpaired) electrons. The lowest BCUT2D eigenvalue weighted by Gasteiger charge is -2.36. The molecule has 274 valence electrons. The van der Waals surface area contributed by atoms with Gasteiger partial charge in [-0.25, -0.2) is 9.97 Å². The second-order valence-electron chi connectivity index (χ2n) is 12.2. The first-order valence-corrected chi connectivity index (χ1v) is 16.6. The summed E-state index contributed by atoms with van der Waals surface area (Å²) < 4.78 is 66.3. The molecular weight excluding hydrogens is 719 g/mol. The van der Waals surface area contributed by atoms with E-state index in [1.165, 1.54) is 22.0 Å². The van der Waals surface area contributed by atoms with Crippen LogP contribution in [0.25, 0.3) is 28.1 Å². The molecule has 1 fully saturated rings. The summed E-state index contributed by atoms with van der Waals surface area (Å²) in [6.07, 6.45) is -1.91. The predicted molar refractivity (Wildman–Crippen MR) is 188 cm³/mol. The number of piperazine rings is 1. The van der Waals surface area contributed by atoms with Crippen molar-refractivity contribution in [3.05, 3.63) is 86.9 Å². The van der Waals surface area contributed by atoms with Gasteiger partial charge in [-0.15, -0.1) is 5.10 Å². The van der Waals surface area contributed by atoms with E-state index >= 15 is 0 Å². The van der Waals surface area contributed by atoms with Crippen LogP contribution in [0.15, 0.2) is 53.7 Å². The first-order chi connectivity index (χ1) is 26.4. The number of nitrogens with one attached hydrogen (secondary N) is 1. The van der Waals surface area contributed by atoms with Gasteiger partial charge < -0.3 is 24.8 Å². The molecule has 0 spiro atoms. The van der Waals surface area contributed by atoms with Crippen LogP contribution >= 0.6 is 11.6 Å². The molecule has 1 saturated heterocycles. The van der Waals surface area contributed by atoms with Crippen molar-refractivity contribution in [3.8, 4) is 17.1 Å². The number of amides is 2. The van der Waals surface area contributed by atoms with E-state index < -0.39 is 42.6 Å². The molecule has 2 amide bonds. The van der Waals surface area contributed by atoms with Gasteiger partial charge in [-0.3, -0.25) is 19.1 Å². The fourth-order valence-corrected chi connectivity index (χ4v) is 6.48. The van der Waals surface area contributed by atoms with Crippen LogP contribution in [0.1, 0.15) is 38.5 Å². The Bertz CT molecular complexity index is 2600. The molecule has 0 saturated carbocycles. The number of benzene rings is 2. The van der Waals surface area contributed by atoms with E-state index in [4.69, 9.17) is 15.7 Å². The number of halogens is 4. The van der Waals surface area contributed by atoms with Gasteiger partial charge in [0.2, 0.25) is 11.7 Å². The molecule has 0 aliphatic carbocycles. The Morgan fingerprint density at radius 3 is 2.55 bits per heavy atom. The number of carbonyl (C=O) groups is 2. The molecule has 1 aliphatic heterocycles. The Kier molecular flexibility index (Phi) is 8.07. The van der Waals surface area contributed by atoms with Crippen molar-refractivity contribution in [3.63, 3.8) is 0 Å². The maximum absolute atomic E-state index is 14.4. The van der Waals surface area contributed by atoms with Crippen molar-refractivity contribution >= 4 is 51.5 Å². The number of hydrogen-bond donors (Lipinski definition) is 2. The maximum atomic E-state index is 14.4. The Balaban J connectivity index is 1.28. The number of nitrogens with zero attached hydrogens (tertiary/aromatic N) is 10. The minimum absolute atomic E-state index is 0.0269. The Morgan fingerprint density at radius 1 is 1.08 bits per heavy atom. The van der Waals surface area contributed by atoms with Gasteiger partial charge in [-0.2, -0.15) is 27.8 Å². The van der Waals surface area contributed by atoms with Crippen LogP contribution in [0.2, 0.25) is 5.02 Å². The maximum Gasteiger partial charge on any atom is 0.416 e. The summed E-state index contributed by atoms with van der Waals surface area (Å²) in [7, 11) is 0. The zero-order valence-electron chi connectivity index (χ0n) is 31.0. The lowest BCUT2D eigenvalue weighted by atomic mass is 10.1. The van der Waals surface area contributed by atoms with Crippen molar-refractivity contribution in [2.24, 2.45) is 6.98 Å². The number of rotatable bonds is 7. The molecule has 1 aliphatic rings. The SMILES string of the molecule is [2H]C([2H])([2H])n1cc2cc(-c3nc4n(CC(=O)Nc5ccc(C(F)(F)F)cc5Cl)c(CC)c(N5CCN(C(=O)c6ncnc(C)c6O)CC5)c(=O)n4n3)ccc2n1. The molecule has 53 heavy (non-hydrogen) atoms. The van der Waals surface area contributed by atoms with E-state index in [0.717, 1.165) is 21.3 Å². The van der Waals surface area contributed by atoms with Gasteiger partial charge in [-0.1, -0.05) is 18.5 Å². The highest BCUT2D eigenvalue weighted by atomic mass is 35.5. The minimum Gasteiger partial charge on any atom is -0.504 e. The van der Waals surface area contributed by atoms with E-state index in [1.807, 2.05) is 0 Å². The first-order valence-electron chi connectivity index (χ1n) is 17.7. The highest BCUT2D eigenvalue weighted by Gasteiger charge is 2.32. The molecule has 7 rings (SSSR count). The van der Waals surface area contributed by atoms with Crippen molar-refractivity contribution in [2.75, 3.05) is 36.4 Å². The molecule has 2 N–H and O–H groups in total. The van der Waals surface area contributed by atoms with Crippen LogP contribution in [0.4, 0.5) is 24.5 Å². The number of aryl methyl sites for hydroxylation is 2. The van der Waals surface area contributed by atoms with Crippen LogP contribution in [-0.4, -0.2) is 86.9 Å². The molecule has 6 aromatic rings. The van der Waals surface area contributed by atoms with Crippen molar-refractivity contribution in [2.45, 2.75) is 33.0 Å². The minimum atomic E-state index is -4.65. The molecular formula is C34H31ClF3N11O4. The standard InChI is InChI=1S/C34H31ClF3N11O4/c1-4-25-28(46-9-11-47(12-10-46)31(52)27-29(51)18(2)39-17-40-27)32(53)49-33(42-30(44-49)19-5-7-23-20(13-19)15-45(3)43-23)48(25)16-26(50)41-24-8-6-21(14-22(24)35)34(36,37)38/h5-8,13-15,17,51H,4,9-12,16H2,1-3H3,(H,41,50)/i3D3. The average molecular weight is 753 g/mol. The molecule has 19 heteroatoms. The van der Waals surface area contributed by atoms with Crippen LogP contribution in [0.3, 0.4) is 0 Å². The van der Waals surface area contributed by atoms with Gasteiger partial charge >= 0.3 is 6.18 Å². The fourth-order valence-electron chi connectivity index (χ4n) is 6.25. The lowest BCUT2D eigenvalue weighted by Crippen LogP contribution is -2.51. The Morgan fingerprint density at radius 2 is 1.85 bits per heavy atom. The number of aromatic hydroxyl groups is 1. The molecule has 2 aromatic carbocycles. The summed E-state index contributed by atoms with van der Waals surface area (Å²) in [5, 5.41) is 21.7. The quantitative estimate of drug-likeness (QED) is 0.242. The third-order valence-corrected chi connectivity index (χ3v) is 9.20. The van der Waals surface area contributed by atoms with Crippen molar-refractivity contribution in [1.29, 1.82) is 0 Å². The molecule has 15 nitrogen and oxygen atoms in total. The van der Waals surface area contributed by atoms with Crippen LogP contribution in [0, 0.1) is 6.92 Å². The van der Waals surface area contributed by atoms with Crippen LogP contribution in [-0.2, 0) is 30.9 Å². The molecule has 4 aromatic heterocycles. The van der Waals surface area contributed by atoms with Gasteiger partial charge in [0.05, 0.1) is 33.2 Å². The summed E-state index contributed by atoms with van der Waals surface area (Å²) in [5.41, 5.74) is -0.179. The smallest absolute Gasteiger partial charge is 0.416 e. The summed E-state index contributed by atoms with van der Waals surface area (Å²) >= 11 is 6.13. The van der Waals surface area contributed by atoms with E-state index in [-0.39, 0.29) is 77.7 Å². The summed E-state index contributed by atoms with van der Waals surface area (Å²) in [5.74, 6) is -1.50. The lowest BCUT2D eigenvalue weighted by molar-refractivity contribution is -0.137. The van der Waals surface area contributed by atoms with Gasteiger partial charge in [0, 0.05) is 54.4 Å². The highest BCUT2D eigenvalue weighted by Crippen LogP contribution is 2.34. The fraction of sp³-hybridized carbons (Fsp3) is 0.294. The van der Waals surface area contributed by atoms with Crippen LogP contribution < -0.4 is 15.8 Å². The number of hydrogen-bond acceptors (Lipinski definition) is 10. The summed E-state index contributed by atoms with van der Waals surface area (Å²) in [6, 6.07) is 7.33. The molecule has 5 heterocycles. The van der Waals surface area contributed by atoms with Crippen molar-refractivity contribution in [1.82, 2.24) is 43.8 Å². The predicted octanol–water partition coefficient (Wildman–Crippen LogP) is 4.08. The number of carbonyl (C=O) groups excluding carboxylic acids is 2. The summed E-state index contributed by atoms with van der Waals surface area (Å²) in [4.78, 5) is 57.0. The van der Waals surface area contributed by atoms with E-state index in [2.05, 4.69) is 30.5 Å². The highest BCUT2D eigenvalue weighted by molar-refractivity contribution is 6.33. The summed E-state index contributed by atoms with van der Waals surface area (Å²) in [6.45, 7) is 0.945. The number of alkyl halides is 3. The van der Waals surface area contributed by atoms with E-state index in [0.29, 0.717) is 28.2 Å². The average Bonchev–Trinajstić information content (AvgIpc) is 3.80. The van der Waals surface area contributed by atoms with Gasteiger partial charge in [0.25, 0.3) is 11.5 Å². The normalized spacial score (nSPS) is 14.7. The largest absolute Gasteiger partial charge is 0.504 e. The number of anilines is 2. The zero-order valence-corrected chi connectivity index (χ0v) is 28.8. The number of aromatic nitrogens is 8. The van der Waals surface area contributed by atoms with Gasteiger partial charge in [0.1, 0.15) is 18.6 Å². The van der Waals surface area contributed by atoms with Crippen LogP contribution in [0.5, 0.6) is 5.75 Å².